The first-order valence-corrected chi connectivity index (χ1v) is 11.9. The van der Waals surface area contributed by atoms with Gasteiger partial charge in [-0.3, -0.25) is 4.90 Å². The van der Waals surface area contributed by atoms with Crippen molar-refractivity contribution in [1.29, 1.82) is 0 Å². The highest BCUT2D eigenvalue weighted by atomic mass is 19.3. The topological polar surface area (TPSA) is 110 Å². The van der Waals surface area contributed by atoms with Gasteiger partial charge in [0.25, 0.3) is 12.3 Å². The number of alkyl halides is 4. The van der Waals surface area contributed by atoms with Gasteiger partial charge in [0.05, 0.1) is 49.3 Å². The van der Waals surface area contributed by atoms with E-state index in [0.717, 1.165) is 10.9 Å². The SMILES string of the molecule is CNc1nc(N[C@H]2CCN(C3COC3)CC2(F)F)nn2cc(F)c(-c3ccc4nnn(CC(F)F)c4n3)c12. The summed E-state index contributed by atoms with van der Waals surface area (Å²) in [4.78, 5) is 10.4. The Bertz CT molecular complexity index is 1490. The van der Waals surface area contributed by atoms with Gasteiger partial charge in [-0.05, 0) is 18.6 Å². The second-order valence-corrected chi connectivity index (χ2v) is 9.29. The molecule has 4 aromatic rings. The van der Waals surface area contributed by atoms with Crippen molar-refractivity contribution in [3.05, 3.63) is 24.1 Å². The van der Waals surface area contributed by atoms with Crippen LogP contribution in [0.5, 0.6) is 0 Å². The summed E-state index contributed by atoms with van der Waals surface area (Å²) in [7, 11) is 1.55. The molecule has 16 heteroatoms. The molecule has 0 saturated carbocycles. The van der Waals surface area contributed by atoms with E-state index in [9.17, 15) is 17.6 Å². The Morgan fingerprint density at radius 2 is 2.03 bits per heavy atom. The monoisotopic (exact) mass is 538 g/mol. The van der Waals surface area contributed by atoms with E-state index in [1.165, 1.54) is 16.6 Å². The predicted molar refractivity (Wildman–Crippen MR) is 126 cm³/mol. The summed E-state index contributed by atoms with van der Waals surface area (Å²) in [6.45, 7) is 0.245. The molecule has 4 aromatic heterocycles. The highest BCUT2D eigenvalue weighted by Gasteiger charge is 2.47. The summed E-state index contributed by atoms with van der Waals surface area (Å²) in [5.41, 5.74) is 0.659. The number of halogens is 5. The van der Waals surface area contributed by atoms with Crippen molar-refractivity contribution < 1.29 is 26.7 Å². The lowest BCUT2D eigenvalue weighted by Crippen LogP contribution is -2.61. The van der Waals surface area contributed by atoms with Crippen LogP contribution in [0.25, 0.3) is 27.9 Å². The summed E-state index contributed by atoms with van der Waals surface area (Å²) in [5.74, 6) is -3.70. The second kappa shape index (κ2) is 9.27. The van der Waals surface area contributed by atoms with Crippen LogP contribution in [-0.4, -0.2) is 97.3 Å². The second-order valence-electron chi connectivity index (χ2n) is 9.29. The zero-order valence-electron chi connectivity index (χ0n) is 20.1. The number of pyridine rings is 1. The Morgan fingerprint density at radius 1 is 1.21 bits per heavy atom. The Labute approximate surface area is 212 Å². The fourth-order valence-corrected chi connectivity index (χ4v) is 4.82. The van der Waals surface area contributed by atoms with Crippen molar-refractivity contribution in [3.8, 4) is 11.3 Å². The van der Waals surface area contributed by atoms with E-state index < -0.39 is 37.3 Å². The van der Waals surface area contributed by atoms with Gasteiger partial charge in [0, 0.05) is 13.6 Å². The zero-order chi connectivity index (χ0) is 26.6. The minimum atomic E-state index is -3.05. The summed E-state index contributed by atoms with van der Waals surface area (Å²) < 4.78 is 78.3. The third-order valence-corrected chi connectivity index (χ3v) is 6.82. The first-order chi connectivity index (χ1) is 18.2. The molecule has 0 aliphatic carbocycles. The predicted octanol–water partition coefficient (Wildman–Crippen LogP) is 2.50. The Hall–Kier alpha value is -3.66. The Balaban J connectivity index is 1.33. The smallest absolute Gasteiger partial charge is 0.280 e. The van der Waals surface area contributed by atoms with Crippen molar-refractivity contribution in [3.63, 3.8) is 0 Å². The lowest BCUT2D eigenvalue weighted by Gasteiger charge is -2.44. The standard InChI is InChI=1S/C22H23F5N10O/c1-28-19-18-17(13-2-3-14-20(29-13)37(34-32-14)7-16(24)25)12(23)6-36(18)33-21(31-19)30-15-4-5-35(10-22(15,26)27)11-8-38-9-11/h2-3,6,11,15-16H,4-5,7-10H2,1H3,(H2,28,30,31,33)/t15-/m0/s1. The van der Waals surface area contributed by atoms with Crippen LogP contribution in [0.3, 0.4) is 0 Å². The minimum absolute atomic E-state index is 0.00390. The van der Waals surface area contributed by atoms with Gasteiger partial charge in [-0.25, -0.2) is 36.1 Å². The molecule has 1 atom stereocenters. The first-order valence-electron chi connectivity index (χ1n) is 11.9. The van der Waals surface area contributed by atoms with E-state index in [1.54, 1.807) is 11.9 Å². The zero-order valence-corrected chi connectivity index (χ0v) is 20.1. The number of fused-ring (bicyclic) bond motifs is 2. The number of nitrogens with zero attached hydrogens (tertiary/aromatic N) is 8. The van der Waals surface area contributed by atoms with Crippen LogP contribution in [0.2, 0.25) is 0 Å². The maximum absolute atomic E-state index is 15.2. The summed E-state index contributed by atoms with van der Waals surface area (Å²) in [6, 6.07) is 1.77. The van der Waals surface area contributed by atoms with Crippen molar-refractivity contribution in [2.75, 3.05) is 44.0 Å². The van der Waals surface area contributed by atoms with Crippen LogP contribution in [0, 0.1) is 5.82 Å². The molecule has 2 saturated heterocycles. The molecule has 202 valence electrons. The molecule has 11 nitrogen and oxygen atoms in total. The number of ether oxygens (including phenoxy) is 1. The van der Waals surface area contributed by atoms with E-state index in [-0.39, 0.29) is 52.2 Å². The molecular formula is C22H23F5N10O. The minimum Gasteiger partial charge on any atom is -0.378 e. The van der Waals surface area contributed by atoms with E-state index in [4.69, 9.17) is 4.74 Å². The van der Waals surface area contributed by atoms with Gasteiger partial charge in [0.15, 0.2) is 17.3 Å². The van der Waals surface area contributed by atoms with Gasteiger partial charge in [0.1, 0.15) is 17.6 Å². The molecule has 2 N–H and O–H groups in total. The molecule has 0 amide bonds. The molecule has 0 aromatic carbocycles. The lowest BCUT2D eigenvalue weighted by molar-refractivity contribution is -0.131. The molecule has 6 heterocycles. The number of rotatable bonds is 7. The number of piperidine rings is 1. The number of aromatic nitrogens is 7. The van der Waals surface area contributed by atoms with Crippen LogP contribution in [0.4, 0.5) is 33.7 Å². The number of nitrogens with one attached hydrogen (secondary N) is 2. The quantitative estimate of drug-likeness (QED) is 0.343. The van der Waals surface area contributed by atoms with Gasteiger partial charge >= 0.3 is 0 Å². The number of hydrogen-bond donors (Lipinski definition) is 2. The van der Waals surface area contributed by atoms with Gasteiger partial charge in [0.2, 0.25) is 5.95 Å². The molecule has 2 fully saturated rings. The Morgan fingerprint density at radius 3 is 2.71 bits per heavy atom. The lowest BCUT2D eigenvalue weighted by atomic mass is 9.98. The van der Waals surface area contributed by atoms with Crippen molar-refractivity contribution in [1.82, 2.24) is 39.5 Å². The van der Waals surface area contributed by atoms with Gasteiger partial charge in [-0.2, -0.15) is 4.98 Å². The Kier molecular flexibility index (Phi) is 6.02. The molecule has 2 aliphatic rings. The highest BCUT2D eigenvalue weighted by molar-refractivity contribution is 5.89. The summed E-state index contributed by atoms with van der Waals surface area (Å²) >= 11 is 0. The van der Waals surface area contributed by atoms with Crippen LogP contribution >= 0.6 is 0 Å². The molecule has 0 unspecified atom stereocenters. The normalized spacial score (nSPS) is 20.3. The largest absolute Gasteiger partial charge is 0.378 e. The number of hydrogen-bond acceptors (Lipinski definition) is 9. The van der Waals surface area contributed by atoms with E-state index in [1.807, 2.05) is 0 Å². The van der Waals surface area contributed by atoms with E-state index in [2.05, 4.69) is 36.0 Å². The van der Waals surface area contributed by atoms with Gasteiger partial charge in [-0.15, -0.1) is 10.2 Å². The molecule has 0 radical (unpaired) electrons. The molecule has 0 bridgehead atoms. The van der Waals surface area contributed by atoms with Crippen LogP contribution in [0.15, 0.2) is 18.3 Å². The van der Waals surface area contributed by atoms with Crippen LogP contribution in [-0.2, 0) is 11.3 Å². The molecular weight excluding hydrogens is 515 g/mol. The van der Waals surface area contributed by atoms with E-state index in [0.29, 0.717) is 19.8 Å². The number of anilines is 2. The maximum Gasteiger partial charge on any atom is 0.280 e. The molecule has 38 heavy (non-hydrogen) atoms. The summed E-state index contributed by atoms with van der Waals surface area (Å²) in [6.07, 6.45) is -1.44. The van der Waals surface area contributed by atoms with Gasteiger partial charge in [-0.1, -0.05) is 5.21 Å². The van der Waals surface area contributed by atoms with Crippen molar-refractivity contribution >= 4 is 28.4 Å². The van der Waals surface area contributed by atoms with Gasteiger partial charge < -0.3 is 15.4 Å². The molecule has 6 rings (SSSR count). The molecule has 2 aliphatic heterocycles. The fraction of sp³-hybridized carbons (Fsp3) is 0.500. The highest BCUT2D eigenvalue weighted by Crippen LogP contribution is 2.35. The number of likely N-dealkylation sites (tertiary alicyclic amines) is 1. The average Bonchev–Trinajstić information content (AvgIpc) is 3.37. The third-order valence-electron chi connectivity index (χ3n) is 6.82. The molecule has 0 spiro atoms. The van der Waals surface area contributed by atoms with E-state index >= 15 is 4.39 Å². The summed E-state index contributed by atoms with van der Waals surface area (Å²) in [5, 5.41) is 17.3. The average molecular weight is 538 g/mol. The van der Waals surface area contributed by atoms with Crippen molar-refractivity contribution in [2.45, 2.75) is 37.4 Å². The third kappa shape index (κ3) is 4.26. The van der Waals surface area contributed by atoms with Crippen LogP contribution in [0.1, 0.15) is 6.42 Å². The first kappa shape index (κ1) is 24.7. The fourth-order valence-electron chi connectivity index (χ4n) is 4.82. The maximum atomic E-state index is 15.2. The van der Waals surface area contributed by atoms with Crippen molar-refractivity contribution in [2.24, 2.45) is 0 Å². The van der Waals surface area contributed by atoms with Crippen LogP contribution < -0.4 is 10.6 Å².